The molecule has 0 aromatic heterocycles. The molecule has 1 saturated carbocycles. The van der Waals surface area contributed by atoms with Crippen LogP contribution in [0.3, 0.4) is 0 Å². The molecule has 0 atom stereocenters. The molecule has 0 aromatic carbocycles. The fraction of sp³-hybridized carbons (Fsp3) is 0.929. The topological polar surface area (TPSA) is 41.1 Å². The van der Waals surface area contributed by atoms with E-state index in [0.717, 1.165) is 25.4 Å². The number of rotatable bonds is 8. The molecular weight excluding hydrogens is 212 g/mol. The van der Waals surface area contributed by atoms with Crippen molar-refractivity contribution in [1.82, 2.24) is 10.6 Å². The zero-order valence-corrected chi connectivity index (χ0v) is 11.4. The van der Waals surface area contributed by atoms with Gasteiger partial charge in [0.25, 0.3) is 0 Å². The first-order chi connectivity index (χ1) is 8.18. The van der Waals surface area contributed by atoms with Crippen molar-refractivity contribution < 1.29 is 4.79 Å². The molecule has 1 rings (SSSR count). The molecule has 1 aliphatic carbocycles. The van der Waals surface area contributed by atoms with Crippen LogP contribution in [-0.2, 0) is 4.79 Å². The molecular formula is C14H28N2O. The SMILES string of the molecule is CC(C)NCCC(=O)NCCCC1CCCC1. The maximum absolute atomic E-state index is 11.5. The van der Waals surface area contributed by atoms with Gasteiger partial charge in [-0.15, -0.1) is 0 Å². The molecule has 17 heavy (non-hydrogen) atoms. The number of amides is 1. The highest BCUT2D eigenvalue weighted by atomic mass is 16.1. The van der Waals surface area contributed by atoms with Crippen molar-refractivity contribution in [3.8, 4) is 0 Å². The van der Waals surface area contributed by atoms with Crippen LogP contribution in [0.1, 0.15) is 58.8 Å². The molecule has 1 aliphatic rings. The molecule has 3 nitrogen and oxygen atoms in total. The Labute approximate surface area is 106 Å². The summed E-state index contributed by atoms with van der Waals surface area (Å²) in [6.07, 6.45) is 8.69. The van der Waals surface area contributed by atoms with Gasteiger partial charge in [-0.2, -0.15) is 0 Å². The van der Waals surface area contributed by atoms with Crippen LogP contribution in [0.2, 0.25) is 0 Å². The fourth-order valence-electron chi connectivity index (χ4n) is 2.48. The van der Waals surface area contributed by atoms with Gasteiger partial charge in [0.2, 0.25) is 5.91 Å². The summed E-state index contributed by atoms with van der Waals surface area (Å²) in [6, 6.07) is 0.463. The highest BCUT2D eigenvalue weighted by Gasteiger charge is 2.14. The van der Waals surface area contributed by atoms with Gasteiger partial charge in [0.05, 0.1) is 0 Å². The van der Waals surface area contributed by atoms with Crippen LogP contribution in [-0.4, -0.2) is 25.0 Å². The number of hydrogen-bond donors (Lipinski definition) is 2. The monoisotopic (exact) mass is 240 g/mol. The van der Waals surface area contributed by atoms with Crippen LogP contribution in [0.5, 0.6) is 0 Å². The Morgan fingerprint density at radius 1 is 1.24 bits per heavy atom. The first-order valence-electron chi connectivity index (χ1n) is 7.18. The van der Waals surface area contributed by atoms with Crippen molar-refractivity contribution in [3.63, 3.8) is 0 Å². The van der Waals surface area contributed by atoms with E-state index in [2.05, 4.69) is 24.5 Å². The van der Waals surface area contributed by atoms with Crippen molar-refractivity contribution in [2.45, 2.75) is 64.8 Å². The van der Waals surface area contributed by atoms with Crippen LogP contribution in [0.25, 0.3) is 0 Å². The summed E-state index contributed by atoms with van der Waals surface area (Å²) < 4.78 is 0. The van der Waals surface area contributed by atoms with Crippen molar-refractivity contribution in [3.05, 3.63) is 0 Å². The smallest absolute Gasteiger partial charge is 0.221 e. The highest BCUT2D eigenvalue weighted by molar-refractivity contribution is 5.75. The van der Waals surface area contributed by atoms with Gasteiger partial charge in [-0.25, -0.2) is 0 Å². The third-order valence-corrected chi connectivity index (χ3v) is 3.49. The van der Waals surface area contributed by atoms with Gasteiger partial charge in [0.1, 0.15) is 0 Å². The Morgan fingerprint density at radius 2 is 1.94 bits per heavy atom. The molecule has 3 heteroatoms. The molecule has 0 aliphatic heterocycles. The van der Waals surface area contributed by atoms with Gasteiger partial charge in [-0.1, -0.05) is 39.5 Å². The predicted molar refractivity (Wildman–Crippen MR) is 72.0 cm³/mol. The minimum Gasteiger partial charge on any atom is -0.356 e. The van der Waals surface area contributed by atoms with Gasteiger partial charge < -0.3 is 10.6 Å². The molecule has 0 radical (unpaired) electrons. The van der Waals surface area contributed by atoms with E-state index >= 15 is 0 Å². The van der Waals surface area contributed by atoms with E-state index in [0.29, 0.717) is 12.5 Å². The predicted octanol–water partition coefficient (Wildman–Crippen LogP) is 2.46. The molecule has 0 bridgehead atoms. The molecule has 100 valence electrons. The van der Waals surface area contributed by atoms with E-state index in [1.54, 1.807) is 0 Å². The standard InChI is InChI=1S/C14H28N2O/c1-12(2)15-11-9-14(17)16-10-5-8-13-6-3-4-7-13/h12-13,15H,3-11H2,1-2H3,(H,16,17). The van der Waals surface area contributed by atoms with Crippen LogP contribution in [0.15, 0.2) is 0 Å². The third-order valence-electron chi connectivity index (χ3n) is 3.49. The normalized spacial score (nSPS) is 16.6. The van der Waals surface area contributed by atoms with Gasteiger partial charge in [-0.3, -0.25) is 4.79 Å². The lowest BCUT2D eigenvalue weighted by Gasteiger charge is -2.10. The van der Waals surface area contributed by atoms with Crippen molar-refractivity contribution in [2.24, 2.45) is 5.92 Å². The Kier molecular flexibility index (Phi) is 7.25. The summed E-state index contributed by atoms with van der Waals surface area (Å²) in [4.78, 5) is 11.5. The van der Waals surface area contributed by atoms with Crippen molar-refractivity contribution in [2.75, 3.05) is 13.1 Å². The first-order valence-corrected chi connectivity index (χ1v) is 7.18. The number of carbonyl (C=O) groups is 1. The maximum atomic E-state index is 11.5. The minimum absolute atomic E-state index is 0.185. The Bertz CT molecular complexity index is 210. The van der Waals surface area contributed by atoms with E-state index in [9.17, 15) is 4.79 Å². The average Bonchev–Trinajstić information content (AvgIpc) is 2.76. The second-order valence-electron chi connectivity index (χ2n) is 5.50. The van der Waals surface area contributed by atoms with E-state index in [-0.39, 0.29) is 5.91 Å². The van der Waals surface area contributed by atoms with Crippen molar-refractivity contribution >= 4 is 5.91 Å². The van der Waals surface area contributed by atoms with Crippen LogP contribution >= 0.6 is 0 Å². The molecule has 0 aromatic rings. The molecule has 2 N–H and O–H groups in total. The number of nitrogens with one attached hydrogen (secondary N) is 2. The molecule has 0 unspecified atom stereocenters. The summed E-state index contributed by atoms with van der Waals surface area (Å²) in [5.74, 6) is 1.12. The Morgan fingerprint density at radius 3 is 2.59 bits per heavy atom. The van der Waals surface area contributed by atoms with E-state index in [1.165, 1.54) is 32.1 Å². The van der Waals surface area contributed by atoms with Gasteiger partial charge in [0, 0.05) is 25.6 Å². The zero-order chi connectivity index (χ0) is 12.5. The second kappa shape index (κ2) is 8.51. The van der Waals surface area contributed by atoms with E-state index < -0.39 is 0 Å². The molecule has 0 heterocycles. The summed E-state index contributed by atoms with van der Waals surface area (Å²) in [7, 11) is 0. The minimum atomic E-state index is 0.185. The zero-order valence-electron chi connectivity index (χ0n) is 11.4. The lowest BCUT2D eigenvalue weighted by atomic mass is 10.0. The lowest BCUT2D eigenvalue weighted by Crippen LogP contribution is -2.31. The first kappa shape index (κ1) is 14.5. The maximum Gasteiger partial charge on any atom is 0.221 e. The Hall–Kier alpha value is -0.570. The molecule has 0 spiro atoms. The number of carbonyl (C=O) groups excluding carboxylic acids is 1. The second-order valence-corrected chi connectivity index (χ2v) is 5.50. The van der Waals surface area contributed by atoms with Crippen molar-refractivity contribution in [1.29, 1.82) is 0 Å². The van der Waals surface area contributed by atoms with E-state index in [4.69, 9.17) is 0 Å². The van der Waals surface area contributed by atoms with E-state index in [1.807, 2.05) is 0 Å². The van der Waals surface area contributed by atoms with Crippen LogP contribution in [0.4, 0.5) is 0 Å². The summed E-state index contributed by atoms with van der Waals surface area (Å²) in [5.41, 5.74) is 0. The summed E-state index contributed by atoms with van der Waals surface area (Å²) in [5, 5.41) is 6.25. The Balaban J connectivity index is 1.89. The van der Waals surface area contributed by atoms with Crippen LogP contribution in [0, 0.1) is 5.92 Å². The molecule has 1 amide bonds. The van der Waals surface area contributed by atoms with Gasteiger partial charge >= 0.3 is 0 Å². The third kappa shape index (κ3) is 7.37. The average molecular weight is 240 g/mol. The molecule has 1 fully saturated rings. The highest BCUT2D eigenvalue weighted by Crippen LogP contribution is 2.28. The quantitative estimate of drug-likeness (QED) is 0.640. The molecule has 0 saturated heterocycles. The van der Waals surface area contributed by atoms with Gasteiger partial charge in [0.15, 0.2) is 0 Å². The van der Waals surface area contributed by atoms with Gasteiger partial charge in [-0.05, 0) is 18.8 Å². The fourth-order valence-corrected chi connectivity index (χ4v) is 2.48. The summed E-state index contributed by atoms with van der Waals surface area (Å²) >= 11 is 0. The largest absolute Gasteiger partial charge is 0.356 e. The summed E-state index contributed by atoms with van der Waals surface area (Å²) in [6.45, 7) is 5.84. The lowest BCUT2D eigenvalue weighted by molar-refractivity contribution is -0.121. The van der Waals surface area contributed by atoms with Crippen LogP contribution < -0.4 is 10.6 Å². The number of hydrogen-bond acceptors (Lipinski definition) is 2.